The molecule has 0 amide bonds. The molecule has 6 N–H and O–H groups in total. The number of phenols is 6. The predicted octanol–water partition coefficient (Wildman–Crippen LogP) is 5.75. The van der Waals surface area contributed by atoms with E-state index in [2.05, 4.69) is 5.18 Å². The Kier molecular flexibility index (Phi) is 5.81. The molecule has 0 spiro atoms. The van der Waals surface area contributed by atoms with Crippen molar-refractivity contribution in [2.45, 2.75) is 12.0 Å². The molecule has 4 aromatic rings. The minimum Gasteiger partial charge on any atom is -0.508 e. The Balaban J connectivity index is 1.67. The largest absolute Gasteiger partial charge is 0.508 e. The molecule has 0 aromatic heterocycles. The van der Waals surface area contributed by atoms with Crippen molar-refractivity contribution in [3.05, 3.63) is 99.5 Å². The first-order valence-corrected chi connectivity index (χ1v) is 11.2. The highest BCUT2D eigenvalue weighted by Crippen LogP contribution is 2.53. The van der Waals surface area contributed by atoms with Gasteiger partial charge < -0.3 is 35.4 Å². The molecule has 0 bridgehead atoms. The monoisotopic (exact) mass is 499 g/mol. The van der Waals surface area contributed by atoms with Crippen molar-refractivity contribution < 1.29 is 35.4 Å². The molecule has 9 heteroatoms. The van der Waals surface area contributed by atoms with Gasteiger partial charge in [-0.05, 0) is 69.9 Å². The second kappa shape index (κ2) is 9.12. The van der Waals surface area contributed by atoms with Gasteiger partial charge in [-0.3, -0.25) is 0 Å². The van der Waals surface area contributed by atoms with Crippen molar-refractivity contribution in [2.75, 3.05) is 0 Å². The molecule has 5 rings (SSSR count). The van der Waals surface area contributed by atoms with Crippen molar-refractivity contribution in [1.82, 2.24) is 0 Å². The summed E-state index contributed by atoms with van der Waals surface area (Å²) in [4.78, 5) is 10.9. The van der Waals surface area contributed by atoms with Crippen LogP contribution in [0.3, 0.4) is 0 Å². The average molecular weight is 499 g/mol. The highest BCUT2D eigenvalue weighted by molar-refractivity contribution is 5.76. The lowest BCUT2D eigenvalue weighted by Crippen LogP contribution is -2.12. The third-order valence-corrected chi connectivity index (χ3v) is 6.19. The normalized spacial score (nSPS) is 16.4. The number of ether oxygens (including phenoxy) is 1. The zero-order valence-corrected chi connectivity index (χ0v) is 19.1. The van der Waals surface area contributed by atoms with Gasteiger partial charge >= 0.3 is 0 Å². The summed E-state index contributed by atoms with van der Waals surface area (Å²) < 4.78 is 6.23. The number of benzene rings is 4. The molecule has 1 aliphatic heterocycles. The van der Waals surface area contributed by atoms with Crippen molar-refractivity contribution in [1.29, 1.82) is 0 Å². The standard InChI is InChI=1S/C28H21NO8/c30-18-9-17(10-19(31)12-18)27-26-15(3-1-14-2-6-22(33)24(35)7-14)8-20(32)13-25(26)37-28(27)16-4-5-21(29-36)23(34)11-16/h1-13,27-28,30-35H/b3-1+. The molecule has 1 aliphatic rings. The zero-order chi connectivity index (χ0) is 26.3. The van der Waals surface area contributed by atoms with Gasteiger partial charge in [0.05, 0.1) is 5.92 Å². The minimum atomic E-state index is -0.769. The Bertz CT molecular complexity index is 1540. The van der Waals surface area contributed by atoms with Crippen LogP contribution in [0, 0.1) is 4.91 Å². The van der Waals surface area contributed by atoms with Crippen LogP contribution in [0.2, 0.25) is 0 Å². The van der Waals surface area contributed by atoms with Crippen LogP contribution in [-0.2, 0) is 0 Å². The second-order valence-electron chi connectivity index (χ2n) is 8.67. The van der Waals surface area contributed by atoms with Crippen LogP contribution in [0.1, 0.15) is 39.8 Å². The summed E-state index contributed by atoms with van der Waals surface area (Å²) in [5.74, 6) is -1.56. The van der Waals surface area contributed by atoms with Crippen molar-refractivity contribution in [2.24, 2.45) is 5.18 Å². The van der Waals surface area contributed by atoms with E-state index in [1.54, 1.807) is 24.3 Å². The van der Waals surface area contributed by atoms with Gasteiger partial charge in [-0.15, -0.1) is 4.91 Å². The Morgan fingerprint density at radius 2 is 1.41 bits per heavy atom. The zero-order valence-electron chi connectivity index (χ0n) is 19.1. The number of rotatable bonds is 5. The number of nitroso groups, excluding NO2 is 1. The Morgan fingerprint density at radius 1 is 0.676 bits per heavy atom. The lowest BCUT2D eigenvalue weighted by molar-refractivity contribution is 0.221. The molecule has 37 heavy (non-hydrogen) atoms. The minimum absolute atomic E-state index is 0.0755. The SMILES string of the molecule is O=Nc1ccc(C2Oc3cc(O)cc(/C=C/c4ccc(O)c(O)c4)c3C2c2cc(O)cc(O)c2)cc1O. The molecule has 2 unspecified atom stereocenters. The molecule has 9 nitrogen and oxygen atoms in total. The van der Waals surface area contributed by atoms with Gasteiger partial charge in [-0.1, -0.05) is 24.3 Å². The van der Waals surface area contributed by atoms with Crippen LogP contribution in [0.4, 0.5) is 5.69 Å². The van der Waals surface area contributed by atoms with E-state index < -0.39 is 12.0 Å². The highest BCUT2D eigenvalue weighted by Gasteiger charge is 2.39. The third-order valence-electron chi connectivity index (χ3n) is 6.19. The number of fused-ring (bicyclic) bond motifs is 1. The number of aromatic hydroxyl groups is 6. The molecule has 4 aromatic carbocycles. The Hall–Kier alpha value is -5.18. The van der Waals surface area contributed by atoms with Gasteiger partial charge in [-0.2, -0.15) is 0 Å². The molecule has 0 saturated carbocycles. The van der Waals surface area contributed by atoms with Crippen molar-refractivity contribution >= 4 is 17.8 Å². The van der Waals surface area contributed by atoms with Gasteiger partial charge in [0, 0.05) is 17.7 Å². The van der Waals surface area contributed by atoms with Crippen LogP contribution >= 0.6 is 0 Å². The van der Waals surface area contributed by atoms with Gasteiger partial charge in [-0.25, -0.2) is 0 Å². The number of phenolic OH excluding ortho intramolecular Hbond substituents is 6. The van der Waals surface area contributed by atoms with E-state index in [-0.39, 0.29) is 40.2 Å². The second-order valence-corrected chi connectivity index (χ2v) is 8.67. The van der Waals surface area contributed by atoms with Gasteiger partial charge in [0.15, 0.2) is 11.5 Å². The number of nitrogens with zero attached hydrogens (tertiary/aromatic N) is 1. The van der Waals surface area contributed by atoms with Crippen LogP contribution < -0.4 is 4.74 Å². The van der Waals surface area contributed by atoms with E-state index in [9.17, 15) is 35.5 Å². The third kappa shape index (κ3) is 4.45. The van der Waals surface area contributed by atoms with Gasteiger partial charge in [0.1, 0.15) is 40.5 Å². The van der Waals surface area contributed by atoms with E-state index in [0.29, 0.717) is 33.6 Å². The first kappa shape index (κ1) is 23.6. The van der Waals surface area contributed by atoms with Gasteiger partial charge in [0.2, 0.25) is 0 Å². The fraction of sp³-hybridized carbons (Fsp3) is 0.0714. The van der Waals surface area contributed by atoms with E-state index in [1.807, 2.05) is 0 Å². The van der Waals surface area contributed by atoms with Crippen molar-refractivity contribution in [3.63, 3.8) is 0 Å². The van der Waals surface area contributed by atoms with Gasteiger partial charge in [0.25, 0.3) is 0 Å². The lowest BCUT2D eigenvalue weighted by atomic mass is 9.82. The summed E-state index contributed by atoms with van der Waals surface area (Å²) in [6, 6.07) is 15.7. The topological polar surface area (TPSA) is 160 Å². The predicted molar refractivity (Wildman–Crippen MR) is 135 cm³/mol. The van der Waals surface area contributed by atoms with E-state index in [4.69, 9.17) is 4.74 Å². The molecule has 0 fully saturated rings. The summed E-state index contributed by atoms with van der Waals surface area (Å²) in [5.41, 5.74) is 2.62. The van der Waals surface area contributed by atoms with E-state index in [0.717, 1.165) is 0 Å². The first-order valence-electron chi connectivity index (χ1n) is 11.2. The smallest absolute Gasteiger partial charge is 0.157 e. The average Bonchev–Trinajstić information content (AvgIpc) is 3.23. The molecule has 0 aliphatic carbocycles. The molecule has 1 heterocycles. The Labute approximate surface area is 210 Å². The maximum atomic E-state index is 10.9. The molecular formula is C28H21NO8. The summed E-state index contributed by atoms with van der Waals surface area (Å²) in [6.07, 6.45) is 2.60. The van der Waals surface area contributed by atoms with Crippen LogP contribution in [0.5, 0.6) is 40.2 Å². The summed E-state index contributed by atoms with van der Waals surface area (Å²) in [7, 11) is 0. The first-order chi connectivity index (χ1) is 17.7. The molecule has 186 valence electrons. The maximum absolute atomic E-state index is 10.9. The molecular weight excluding hydrogens is 478 g/mol. The number of hydrogen-bond donors (Lipinski definition) is 6. The maximum Gasteiger partial charge on any atom is 0.157 e. The summed E-state index contributed by atoms with van der Waals surface area (Å²) in [5, 5.41) is 63.2. The quantitative estimate of drug-likeness (QED) is 0.115. The summed E-state index contributed by atoms with van der Waals surface area (Å²) >= 11 is 0. The lowest BCUT2D eigenvalue weighted by Gasteiger charge is -2.21. The van der Waals surface area contributed by atoms with Crippen LogP contribution in [-0.4, -0.2) is 30.6 Å². The number of hydrogen-bond acceptors (Lipinski definition) is 9. The van der Waals surface area contributed by atoms with Crippen molar-refractivity contribution in [3.8, 4) is 40.2 Å². The van der Waals surface area contributed by atoms with Crippen LogP contribution in [0.15, 0.2) is 71.9 Å². The fourth-order valence-electron chi connectivity index (χ4n) is 4.58. The van der Waals surface area contributed by atoms with Crippen LogP contribution in [0.25, 0.3) is 12.2 Å². The summed E-state index contributed by atoms with van der Waals surface area (Å²) in [6.45, 7) is 0. The van der Waals surface area contributed by atoms with E-state index in [1.165, 1.54) is 54.6 Å². The Morgan fingerprint density at radius 3 is 2.08 bits per heavy atom. The molecule has 2 atom stereocenters. The molecule has 0 radical (unpaired) electrons. The molecule has 0 saturated heterocycles. The fourth-order valence-corrected chi connectivity index (χ4v) is 4.58. The van der Waals surface area contributed by atoms with E-state index >= 15 is 0 Å². The highest BCUT2D eigenvalue weighted by atomic mass is 16.5.